The Morgan fingerprint density at radius 2 is 1.94 bits per heavy atom. The van der Waals surface area contributed by atoms with Gasteiger partial charge in [-0.3, -0.25) is 15.0 Å². The minimum atomic E-state index is 0.0664. The minimum absolute atomic E-state index is 0.0664. The fraction of sp³-hybridized carbons (Fsp3) is 0.250. The molecule has 1 unspecified atom stereocenters. The first-order chi connectivity index (χ1) is 7.83. The Morgan fingerprint density at radius 3 is 2.56 bits per heavy atom. The van der Waals surface area contributed by atoms with E-state index in [-0.39, 0.29) is 6.04 Å². The van der Waals surface area contributed by atoms with E-state index in [1.165, 1.54) is 5.56 Å². The number of aryl methyl sites for hydroxylation is 1. The molecule has 1 atom stereocenters. The van der Waals surface area contributed by atoms with Crippen LogP contribution in [0.2, 0.25) is 0 Å². The van der Waals surface area contributed by atoms with Crippen LogP contribution in [0.5, 0.6) is 0 Å². The van der Waals surface area contributed by atoms with Crippen LogP contribution in [0, 0.1) is 6.92 Å². The van der Waals surface area contributed by atoms with E-state index in [2.05, 4.69) is 20.3 Å². The van der Waals surface area contributed by atoms with E-state index >= 15 is 0 Å². The van der Waals surface area contributed by atoms with Crippen LogP contribution < -0.4 is 5.32 Å². The Balaban J connectivity index is 2.41. The van der Waals surface area contributed by atoms with Crippen molar-refractivity contribution in [1.82, 2.24) is 20.3 Å². The maximum absolute atomic E-state index is 4.32. The molecule has 2 aromatic rings. The van der Waals surface area contributed by atoms with Crippen molar-refractivity contribution in [2.24, 2.45) is 0 Å². The first kappa shape index (κ1) is 10.7. The molecule has 0 radical (unpaired) electrons. The summed E-state index contributed by atoms with van der Waals surface area (Å²) < 4.78 is 0. The molecule has 0 fully saturated rings. The molecule has 0 bridgehead atoms. The smallest absolute Gasteiger partial charge is 0.0801 e. The summed E-state index contributed by atoms with van der Waals surface area (Å²) >= 11 is 0. The first-order valence-corrected chi connectivity index (χ1v) is 5.16. The summed E-state index contributed by atoms with van der Waals surface area (Å²) in [4.78, 5) is 12.5. The highest BCUT2D eigenvalue weighted by molar-refractivity contribution is 5.31. The van der Waals surface area contributed by atoms with Gasteiger partial charge in [-0.1, -0.05) is 0 Å². The monoisotopic (exact) mass is 214 g/mol. The molecule has 0 aromatic carbocycles. The van der Waals surface area contributed by atoms with Crippen LogP contribution >= 0.6 is 0 Å². The average Bonchev–Trinajstić information content (AvgIpc) is 2.34. The lowest BCUT2D eigenvalue weighted by Gasteiger charge is -2.17. The molecule has 2 rings (SSSR count). The fourth-order valence-corrected chi connectivity index (χ4v) is 1.73. The number of hydrogen-bond acceptors (Lipinski definition) is 4. The lowest BCUT2D eigenvalue weighted by atomic mass is 10.0. The van der Waals surface area contributed by atoms with Crippen molar-refractivity contribution in [2.45, 2.75) is 13.0 Å². The normalized spacial score (nSPS) is 12.4. The summed E-state index contributed by atoms with van der Waals surface area (Å²) in [5.74, 6) is 0. The third-order valence-electron chi connectivity index (χ3n) is 2.54. The Labute approximate surface area is 94.8 Å². The summed E-state index contributed by atoms with van der Waals surface area (Å²) in [6.45, 7) is 2.04. The van der Waals surface area contributed by atoms with E-state index in [1.807, 2.05) is 26.2 Å². The molecule has 0 spiro atoms. The number of nitrogens with one attached hydrogen (secondary N) is 1. The summed E-state index contributed by atoms with van der Waals surface area (Å²) in [6.07, 6.45) is 8.81. The van der Waals surface area contributed by atoms with Crippen molar-refractivity contribution in [3.63, 3.8) is 0 Å². The van der Waals surface area contributed by atoms with Crippen LogP contribution in [0.3, 0.4) is 0 Å². The zero-order chi connectivity index (χ0) is 11.4. The van der Waals surface area contributed by atoms with Crippen LogP contribution in [0.1, 0.15) is 22.9 Å². The molecule has 16 heavy (non-hydrogen) atoms. The SMILES string of the molecule is CNC(c1cnccn1)c1ccncc1C. The first-order valence-electron chi connectivity index (χ1n) is 5.16. The van der Waals surface area contributed by atoms with E-state index in [4.69, 9.17) is 0 Å². The maximum Gasteiger partial charge on any atom is 0.0801 e. The second-order valence-electron chi connectivity index (χ2n) is 3.58. The van der Waals surface area contributed by atoms with Crippen LogP contribution in [0.15, 0.2) is 37.1 Å². The molecule has 0 saturated heterocycles. The topological polar surface area (TPSA) is 50.7 Å². The third-order valence-corrected chi connectivity index (χ3v) is 2.54. The zero-order valence-corrected chi connectivity index (χ0v) is 9.38. The van der Waals surface area contributed by atoms with E-state index in [0.29, 0.717) is 0 Å². The largest absolute Gasteiger partial charge is 0.308 e. The summed E-state index contributed by atoms with van der Waals surface area (Å²) in [5, 5.41) is 3.25. The Bertz CT molecular complexity index is 456. The summed E-state index contributed by atoms with van der Waals surface area (Å²) in [5.41, 5.74) is 3.24. The van der Waals surface area contributed by atoms with Gasteiger partial charge in [-0.25, -0.2) is 0 Å². The third kappa shape index (κ3) is 2.06. The van der Waals surface area contributed by atoms with Gasteiger partial charge in [0.1, 0.15) is 0 Å². The minimum Gasteiger partial charge on any atom is -0.308 e. The van der Waals surface area contributed by atoms with Gasteiger partial charge in [-0.15, -0.1) is 0 Å². The number of pyridine rings is 1. The molecule has 0 amide bonds. The number of aromatic nitrogens is 3. The maximum atomic E-state index is 4.32. The van der Waals surface area contributed by atoms with Crippen LogP contribution in [-0.2, 0) is 0 Å². The van der Waals surface area contributed by atoms with E-state index in [0.717, 1.165) is 11.3 Å². The molecular weight excluding hydrogens is 200 g/mol. The molecule has 1 N–H and O–H groups in total. The molecule has 2 aromatic heterocycles. The van der Waals surface area contributed by atoms with E-state index < -0.39 is 0 Å². The second kappa shape index (κ2) is 4.81. The Morgan fingerprint density at radius 1 is 1.12 bits per heavy atom. The molecule has 0 aliphatic carbocycles. The molecule has 4 heteroatoms. The Hall–Kier alpha value is -1.81. The van der Waals surface area contributed by atoms with Gasteiger partial charge in [0.2, 0.25) is 0 Å². The van der Waals surface area contributed by atoms with Crippen LogP contribution in [0.4, 0.5) is 0 Å². The molecule has 4 nitrogen and oxygen atoms in total. The van der Waals surface area contributed by atoms with Crippen molar-refractivity contribution >= 4 is 0 Å². The van der Waals surface area contributed by atoms with Crippen molar-refractivity contribution in [2.75, 3.05) is 7.05 Å². The van der Waals surface area contributed by atoms with Gasteiger partial charge < -0.3 is 5.32 Å². The zero-order valence-electron chi connectivity index (χ0n) is 9.38. The van der Waals surface area contributed by atoms with Gasteiger partial charge in [0, 0.05) is 24.8 Å². The molecule has 0 aliphatic rings. The highest BCUT2D eigenvalue weighted by Gasteiger charge is 2.14. The average molecular weight is 214 g/mol. The highest BCUT2D eigenvalue weighted by atomic mass is 14.9. The lowest BCUT2D eigenvalue weighted by molar-refractivity contribution is 0.662. The molecule has 2 heterocycles. The number of rotatable bonds is 3. The molecular formula is C12H14N4. The molecule has 82 valence electrons. The van der Waals surface area contributed by atoms with Crippen LogP contribution in [-0.4, -0.2) is 22.0 Å². The van der Waals surface area contributed by atoms with Gasteiger partial charge >= 0.3 is 0 Å². The van der Waals surface area contributed by atoms with Gasteiger partial charge in [0.05, 0.1) is 17.9 Å². The van der Waals surface area contributed by atoms with E-state index in [1.54, 1.807) is 24.8 Å². The van der Waals surface area contributed by atoms with Gasteiger partial charge in [-0.2, -0.15) is 0 Å². The van der Waals surface area contributed by atoms with E-state index in [9.17, 15) is 0 Å². The van der Waals surface area contributed by atoms with Gasteiger partial charge in [0.15, 0.2) is 0 Å². The van der Waals surface area contributed by atoms with Crippen LogP contribution in [0.25, 0.3) is 0 Å². The van der Waals surface area contributed by atoms with Crippen molar-refractivity contribution in [3.8, 4) is 0 Å². The Kier molecular flexibility index (Phi) is 3.22. The van der Waals surface area contributed by atoms with Crippen molar-refractivity contribution < 1.29 is 0 Å². The predicted octanol–water partition coefficient (Wildman–Crippen LogP) is 1.49. The van der Waals surface area contributed by atoms with Gasteiger partial charge in [0.25, 0.3) is 0 Å². The standard InChI is InChI=1S/C12H14N4/c1-9-7-14-4-3-10(9)12(13-2)11-8-15-5-6-16-11/h3-8,12-13H,1-2H3. The summed E-state index contributed by atoms with van der Waals surface area (Å²) in [6, 6.07) is 2.07. The van der Waals surface area contributed by atoms with Crippen molar-refractivity contribution in [1.29, 1.82) is 0 Å². The second-order valence-corrected chi connectivity index (χ2v) is 3.58. The van der Waals surface area contributed by atoms with Crippen molar-refractivity contribution in [3.05, 3.63) is 53.9 Å². The molecule has 0 saturated carbocycles. The predicted molar refractivity (Wildman–Crippen MR) is 61.9 cm³/mol. The highest BCUT2D eigenvalue weighted by Crippen LogP contribution is 2.21. The fourth-order valence-electron chi connectivity index (χ4n) is 1.73. The quantitative estimate of drug-likeness (QED) is 0.841. The lowest BCUT2D eigenvalue weighted by Crippen LogP contribution is -2.20. The number of hydrogen-bond donors (Lipinski definition) is 1. The van der Waals surface area contributed by atoms with Gasteiger partial charge in [-0.05, 0) is 31.2 Å². The molecule has 0 aliphatic heterocycles. The summed E-state index contributed by atoms with van der Waals surface area (Å²) in [7, 11) is 1.92. The number of nitrogens with zero attached hydrogens (tertiary/aromatic N) is 3.